The van der Waals surface area contributed by atoms with Crippen molar-refractivity contribution in [3.8, 4) is 5.75 Å². The second kappa shape index (κ2) is 6.03. The highest BCUT2D eigenvalue weighted by atomic mass is 79.9. The highest BCUT2D eigenvalue weighted by Crippen LogP contribution is 2.34. The lowest BCUT2D eigenvalue weighted by molar-refractivity contribution is -0.386. The summed E-state index contributed by atoms with van der Waals surface area (Å²) >= 11 is 8.53. The van der Waals surface area contributed by atoms with Gasteiger partial charge >= 0.3 is 5.69 Å². The molecule has 0 saturated carbocycles. The number of nitro groups is 1. The number of rotatable bonds is 5. The van der Waals surface area contributed by atoms with Crippen molar-refractivity contribution in [2.75, 3.05) is 12.5 Å². The van der Waals surface area contributed by atoms with Gasteiger partial charge in [-0.05, 0) is 22.0 Å². The Balaban J connectivity index is 2.88. The van der Waals surface area contributed by atoms with Crippen molar-refractivity contribution in [2.24, 2.45) is 0 Å². The van der Waals surface area contributed by atoms with E-state index in [-0.39, 0.29) is 23.9 Å². The van der Waals surface area contributed by atoms with Crippen LogP contribution in [-0.2, 0) is 0 Å². The molecule has 1 N–H and O–H groups in total. The second-order valence-electron chi connectivity index (χ2n) is 2.96. The first kappa shape index (κ1) is 13.2. The molecule has 0 amide bonds. The lowest BCUT2D eigenvalue weighted by Crippen LogP contribution is -2.19. The summed E-state index contributed by atoms with van der Waals surface area (Å²) in [6, 6.07) is 4.48. The average molecular weight is 311 g/mol. The fraction of sp³-hybridized carbons (Fsp3) is 0.333. The van der Waals surface area contributed by atoms with Gasteiger partial charge in [0, 0.05) is 6.07 Å². The quantitative estimate of drug-likeness (QED) is 0.515. The zero-order valence-electron chi connectivity index (χ0n) is 8.10. The zero-order chi connectivity index (χ0) is 12.1. The second-order valence-corrected chi connectivity index (χ2v) is 4.13. The molecule has 88 valence electrons. The Morgan fingerprint density at radius 2 is 2.31 bits per heavy atom. The van der Waals surface area contributed by atoms with Gasteiger partial charge in [0.05, 0.1) is 15.3 Å². The largest absolute Gasteiger partial charge is 0.483 e. The normalized spacial score (nSPS) is 12.2. The van der Waals surface area contributed by atoms with Gasteiger partial charge in [-0.1, -0.05) is 6.07 Å². The Labute approximate surface area is 105 Å². The number of ether oxygens (including phenoxy) is 1. The van der Waals surface area contributed by atoms with E-state index in [4.69, 9.17) is 16.3 Å². The van der Waals surface area contributed by atoms with Crippen LogP contribution >= 0.6 is 27.5 Å². The van der Waals surface area contributed by atoms with Crippen LogP contribution in [0.4, 0.5) is 5.69 Å². The average Bonchev–Trinajstić information content (AvgIpc) is 2.26. The summed E-state index contributed by atoms with van der Waals surface area (Å²) in [5, 5.41) is 19.9. The van der Waals surface area contributed by atoms with Gasteiger partial charge in [0.25, 0.3) is 0 Å². The third-order valence-corrected chi connectivity index (χ3v) is 2.72. The maximum Gasteiger partial charge on any atom is 0.312 e. The van der Waals surface area contributed by atoms with Crippen LogP contribution in [0.1, 0.15) is 0 Å². The summed E-state index contributed by atoms with van der Waals surface area (Å²) in [6.45, 7) is -0.0903. The highest BCUT2D eigenvalue weighted by molar-refractivity contribution is 9.10. The molecule has 0 aliphatic heterocycles. The Morgan fingerprint density at radius 3 is 2.88 bits per heavy atom. The van der Waals surface area contributed by atoms with Crippen LogP contribution in [0, 0.1) is 10.1 Å². The maximum absolute atomic E-state index is 10.7. The van der Waals surface area contributed by atoms with Crippen molar-refractivity contribution in [1.82, 2.24) is 0 Å². The topological polar surface area (TPSA) is 72.6 Å². The van der Waals surface area contributed by atoms with Crippen LogP contribution in [0.15, 0.2) is 22.7 Å². The number of para-hydroxylation sites is 1. The molecule has 0 spiro atoms. The van der Waals surface area contributed by atoms with Crippen LogP contribution in [0.2, 0.25) is 0 Å². The van der Waals surface area contributed by atoms with Gasteiger partial charge in [0.15, 0.2) is 0 Å². The number of alkyl halides is 1. The Kier molecular flexibility index (Phi) is 4.98. The molecule has 0 heterocycles. The summed E-state index contributed by atoms with van der Waals surface area (Å²) in [7, 11) is 0. The van der Waals surface area contributed by atoms with Crippen LogP contribution < -0.4 is 4.74 Å². The molecule has 7 heteroatoms. The minimum absolute atomic E-state index is 0.0122. The van der Waals surface area contributed by atoms with E-state index in [9.17, 15) is 15.2 Å². The molecule has 0 saturated heterocycles. The maximum atomic E-state index is 10.7. The minimum atomic E-state index is -0.853. The molecule has 0 aliphatic carbocycles. The number of nitro benzene ring substituents is 1. The summed E-state index contributed by atoms with van der Waals surface area (Å²) < 4.78 is 5.62. The van der Waals surface area contributed by atoms with Crippen molar-refractivity contribution in [1.29, 1.82) is 0 Å². The molecule has 5 nitrogen and oxygen atoms in total. The summed E-state index contributed by atoms with van der Waals surface area (Å²) in [5.41, 5.74) is -0.156. The summed E-state index contributed by atoms with van der Waals surface area (Å²) in [6.07, 6.45) is -0.853. The number of aliphatic hydroxyl groups is 1. The van der Waals surface area contributed by atoms with Crippen molar-refractivity contribution < 1.29 is 14.8 Å². The smallest absolute Gasteiger partial charge is 0.312 e. The fourth-order valence-corrected chi connectivity index (χ4v) is 1.57. The third-order valence-electron chi connectivity index (χ3n) is 1.74. The van der Waals surface area contributed by atoms with E-state index in [0.29, 0.717) is 4.47 Å². The number of aliphatic hydroxyl groups excluding tert-OH is 1. The molecule has 1 aromatic carbocycles. The van der Waals surface area contributed by atoms with E-state index in [1.807, 2.05) is 0 Å². The molecule has 0 bridgehead atoms. The molecular weight excluding hydrogens is 301 g/mol. The molecule has 0 aromatic heterocycles. The Hall–Kier alpha value is -0.850. The lowest BCUT2D eigenvalue weighted by atomic mass is 10.3. The first-order chi connectivity index (χ1) is 7.56. The fourth-order valence-electron chi connectivity index (χ4n) is 1.01. The van der Waals surface area contributed by atoms with Gasteiger partial charge in [-0.15, -0.1) is 11.6 Å². The van der Waals surface area contributed by atoms with Gasteiger partial charge in [0.2, 0.25) is 5.75 Å². The molecule has 1 atom stereocenters. The van der Waals surface area contributed by atoms with E-state index in [0.717, 1.165) is 0 Å². The van der Waals surface area contributed by atoms with Crippen molar-refractivity contribution >= 4 is 33.2 Å². The predicted octanol–water partition coefficient (Wildman–Crippen LogP) is 2.34. The van der Waals surface area contributed by atoms with Crippen molar-refractivity contribution in [3.05, 3.63) is 32.8 Å². The SMILES string of the molecule is O=[N+]([O-])c1cccc(Br)c1OCC(O)CCl. The van der Waals surface area contributed by atoms with E-state index in [1.54, 1.807) is 6.07 Å². The minimum Gasteiger partial charge on any atom is -0.483 e. The number of hydrogen-bond donors (Lipinski definition) is 1. The molecule has 1 unspecified atom stereocenters. The van der Waals surface area contributed by atoms with E-state index in [2.05, 4.69) is 15.9 Å². The highest BCUT2D eigenvalue weighted by Gasteiger charge is 2.18. The monoisotopic (exact) mass is 309 g/mol. The van der Waals surface area contributed by atoms with Crippen LogP contribution in [0.5, 0.6) is 5.75 Å². The molecule has 16 heavy (non-hydrogen) atoms. The summed E-state index contributed by atoms with van der Waals surface area (Å²) in [4.78, 5) is 10.2. The molecular formula is C9H9BrClNO4. The van der Waals surface area contributed by atoms with Gasteiger partial charge in [0.1, 0.15) is 12.7 Å². The molecule has 1 rings (SSSR count). The van der Waals surface area contributed by atoms with Gasteiger partial charge in [-0.2, -0.15) is 0 Å². The van der Waals surface area contributed by atoms with Crippen molar-refractivity contribution in [2.45, 2.75) is 6.10 Å². The molecule has 0 aliphatic rings. The molecule has 0 radical (unpaired) electrons. The van der Waals surface area contributed by atoms with Crippen LogP contribution in [0.25, 0.3) is 0 Å². The number of hydrogen-bond acceptors (Lipinski definition) is 4. The Morgan fingerprint density at radius 1 is 1.62 bits per heavy atom. The molecule has 0 fully saturated rings. The van der Waals surface area contributed by atoms with E-state index >= 15 is 0 Å². The first-order valence-corrected chi connectivity index (χ1v) is 5.68. The Bertz CT molecular complexity index is 388. The predicted molar refractivity (Wildman–Crippen MR) is 63.0 cm³/mol. The number of nitrogens with zero attached hydrogens (tertiary/aromatic N) is 1. The molecule has 1 aromatic rings. The first-order valence-electron chi connectivity index (χ1n) is 4.36. The van der Waals surface area contributed by atoms with E-state index < -0.39 is 11.0 Å². The van der Waals surface area contributed by atoms with Gasteiger partial charge < -0.3 is 9.84 Å². The lowest BCUT2D eigenvalue weighted by Gasteiger charge is -2.10. The van der Waals surface area contributed by atoms with E-state index in [1.165, 1.54) is 12.1 Å². The van der Waals surface area contributed by atoms with Crippen LogP contribution in [0.3, 0.4) is 0 Å². The van der Waals surface area contributed by atoms with Gasteiger partial charge in [-0.25, -0.2) is 0 Å². The number of halogens is 2. The zero-order valence-corrected chi connectivity index (χ0v) is 10.4. The van der Waals surface area contributed by atoms with Crippen LogP contribution in [-0.4, -0.2) is 28.6 Å². The third kappa shape index (κ3) is 3.33. The van der Waals surface area contributed by atoms with Gasteiger partial charge in [-0.3, -0.25) is 10.1 Å². The number of benzene rings is 1. The standard InChI is InChI=1S/C9H9BrClNO4/c10-7-2-1-3-8(12(14)15)9(7)16-5-6(13)4-11/h1-3,6,13H,4-5H2. The van der Waals surface area contributed by atoms with Crippen molar-refractivity contribution in [3.63, 3.8) is 0 Å². The summed E-state index contributed by atoms with van der Waals surface area (Å²) in [5.74, 6) is 0.106.